The van der Waals surface area contributed by atoms with E-state index in [2.05, 4.69) is 4.98 Å². The zero-order chi connectivity index (χ0) is 19.2. The van der Waals surface area contributed by atoms with Gasteiger partial charge in [-0.3, -0.25) is 0 Å². The summed E-state index contributed by atoms with van der Waals surface area (Å²) in [7, 11) is 1.26. The van der Waals surface area contributed by atoms with E-state index < -0.39 is 18.0 Å². The summed E-state index contributed by atoms with van der Waals surface area (Å²) in [6.07, 6.45) is 1.87. The van der Waals surface area contributed by atoms with Crippen LogP contribution in [-0.2, 0) is 14.3 Å². The number of carbonyl (C=O) groups excluding carboxylic acids is 2. The molecule has 0 bridgehead atoms. The summed E-state index contributed by atoms with van der Waals surface area (Å²) in [4.78, 5) is 29.0. The zero-order valence-corrected chi connectivity index (χ0v) is 15.1. The third-order valence-corrected chi connectivity index (χ3v) is 4.32. The number of rotatable bonds is 6. The fraction of sp³-hybridized carbons (Fsp3) is 0.190. The second-order valence-corrected chi connectivity index (χ2v) is 5.99. The van der Waals surface area contributed by atoms with E-state index in [-0.39, 0.29) is 11.7 Å². The molecule has 6 heteroatoms. The predicted octanol–water partition coefficient (Wildman–Crippen LogP) is 3.56. The number of carbonyl (C=O) groups is 2. The minimum Gasteiger partial charge on any atom is -0.466 e. The molecule has 0 aliphatic carbocycles. The largest absolute Gasteiger partial charge is 0.466 e. The van der Waals surface area contributed by atoms with Crippen LogP contribution < -0.4 is 0 Å². The Hall–Kier alpha value is -3.41. The Morgan fingerprint density at radius 3 is 2.15 bits per heavy atom. The van der Waals surface area contributed by atoms with Gasteiger partial charge in [-0.05, 0) is 12.5 Å². The van der Waals surface area contributed by atoms with E-state index >= 15 is 0 Å². The van der Waals surface area contributed by atoms with Crippen LogP contribution in [0.4, 0.5) is 0 Å². The van der Waals surface area contributed by atoms with Crippen LogP contribution in [0.5, 0.6) is 0 Å². The van der Waals surface area contributed by atoms with E-state index in [1.165, 1.54) is 13.3 Å². The second-order valence-electron chi connectivity index (χ2n) is 5.99. The van der Waals surface area contributed by atoms with E-state index in [0.29, 0.717) is 5.56 Å². The van der Waals surface area contributed by atoms with Crippen molar-refractivity contribution in [2.75, 3.05) is 7.11 Å². The lowest BCUT2D eigenvalue weighted by molar-refractivity contribution is -0.151. The summed E-state index contributed by atoms with van der Waals surface area (Å²) in [5.41, 5.74) is 1.83. The molecular weight excluding hydrogens is 344 g/mol. The summed E-state index contributed by atoms with van der Waals surface area (Å²) in [5.74, 6) is -1.29. The Morgan fingerprint density at radius 2 is 1.56 bits per heavy atom. The molecule has 1 heterocycles. The van der Waals surface area contributed by atoms with Gasteiger partial charge < -0.3 is 14.0 Å². The van der Waals surface area contributed by atoms with E-state index in [9.17, 15) is 9.59 Å². The fourth-order valence-corrected chi connectivity index (χ4v) is 2.82. The van der Waals surface area contributed by atoms with Crippen molar-refractivity contribution in [2.24, 2.45) is 0 Å². The normalized spacial score (nSPS) is 12.8. The highest BCUT2D eigenvalue weighted by Gasteiger charge is 2.28. The first-order valence-corrected chi connectivity index (χ1v) is 8.52. The first kappa shape index (κ1) is 18.4. The van der Waals surface area contributed by atoms with Crippen LogP contribution in [0.1, 0.15) is 40.7 Å². The van der Waals surface area contributed by atoms with Gasteiger partial charge >= 0.3 is 11.9 Å². The fourth-order valence-electron chi connectivity index (χ4n) is 2.82. The smallest absolute Gasteiger partial charge is 0.357 e. The van der Waals surface area contributed by atoms with Gasteiger partial charge in [-0.2, -0.15) is 0 Å². The maximum Gasteiger partial charge on any atom is 0.357 e. The van der Waals surface area contributed by atoms with Crippen molar-refractivity contribution in [3.8, 4) is 0 Å². The highest BCUT2D eigenvalue weighted by molar-refractivity contribution is 5.90. The van der Waals surface area contributed by atoms with Crippen molar-refractivity contribution >= 4 is 11.9 Å². The minimum absolute atomic E-state index is 0.121. The van der Waals surface area contributed by atoms with E-state index in [4.69, 9.17) is 9.47 Å². The number of ether oxygens (including phenoxy) is 2. The number of hydrogen-bond acceptors (Lipinski definition) is 5. The third kappa shape index (κ3) is 4.06. The van der Waals surface area contributed by atoms with Crippen LogP contribution in [0, 0.1) is 0 Å². The maximum atomic E-state index is 12.8. The number of hydrogen-bond donors (Lipinski definition) is 0. The van der Waals surface area contributed by atoms with Gasteiger partial charge in [0.1, 0.15) is 5.69 Å². The molecule has 138 valence electrons. The molecule has 0 aliphatic rings. The standard InChI is InChI=1S/C21H20N2O4/c1-15(16-9-5-3-6-10-16)23-14-22-13-18(23)20(24)27-19(21(25)26-2)17-11-7-4-8-12-17/h3-15,19H,1-2H3/t15-,19?/m1/s1. The average molecular weight is 364 g/mol. The Bertz CT molecular complexity index is 906. The van der Waals surface area contributed by atoms with Crippen LogP contribution in [0.15, 0.2) is 73.2 Å². The highest BCUT2D eigenvalue weighted by Crippen LogP contribution is 2.23. The molecule has 6 nitrogen and oxygen atoms in total. The molecular formula is C21H20N2O4. The summed E-state index contributed by atoms with van der Waals surface area (Å²) in [6, 6.07) is 18.4. The van der Waals surface area contributed by atoms with Crippen molar-refractivity contribution < 1.29 is 19.1 Å². The lowest BCUT2D eigenvalue weighted by Gasteiger charge is -2.19. The Labute approximate surface area is 157 Å². The number of nitrogens with zero attached hydrogens (tertiary/aromatic N) is 2. The summed E-state index contributed by atoms with van der Waals surface area (Å²) < 4.78 is 12.0. The molecule has 0 saturated heterocycles. The van der Waals surface area contributed by atoms with Gasteiger partial charge in [0.05, 0.1) is 25.7 Å². The molecule has 0 fully saturated rings. The van der Waals surface area contributed by atoms with Gasteiger partial charge in [0.2, 0.25) is 6.10 Å². The van der Waals surface area contributed by atoms with E-state index in [1.807, 2.05) is 43.3 Å². The van der Waals surface area contributed by atoms with Crippen LogP contribution in [-0.4, -0.2) is 28.6 Å². The Kier molecular flexibility index (Phi) is 5.66. The molecule has 3 aromatic rings. The van der Waals surface area contributed by atoms with E-state index in [0.717, 1.165) is 5.56 Å². The number of aromatic nitrogens is 2. The van der Waals surface area contributed by atoms with Gasteiger partial charge in [0, 0.05) is 5.56 Å². The predicted molar refractivity (Wildman–Crippen MR) is 99.1 cm³/mol. The number of esters is 2. The van der Waals surface area contributed by atoms with Crippen LogP contribution >= 0.6 is 0 Å². The van der Waals surface area contributed by atoms with Crippen LogP contribution in [0.25, 0.3) is 0 Å². The van der Waals surface area contributed by atoms with Crippen molar-refractivity contribution in [1.29, 1.82) is 0 Å². The number of methoxy groups -OCH3 is 1. The van der Waals surface area contributed by atoms with Crippen molar-refractivity contribution in [2.45, 2.75) is 19.1 Å². The Morgan fingerprint density at radius 1 is 0.963 bits per heavy atom. The summed E-state index contributed by atoms with van der Waals surface area (Å²) in [5, 5.41) is 0. The lowest BCUT2D eigenvalue weighted by Crippen LogP contribution is -2.23. The average Bonchev–Trinajstić information content (AvgIpc) is 3.22. The minimum atomic E-state index is -1.14. The molecule has 0 aliphatic heterocycles. The quantitative estimate of drug-likeness (QED) is 0.626. The molecule has 1 aromatic heterocycles. The van der Waals surface area contributed by atoms with Crippen LogP contribution in [0.3, 0.4) is 0 Å². The third-order valence-electron chi connectivity index (χ3n) is 4.32. The van der Waals surface area contributed by atoms with Crippen molar-refractivity contribution in [1.82, 2.24) is 9.55 Å². The van der Waals surface area contributed by atoms with E-state index in [1.54, 1.807) is 35.2 Å². The first-order valence-electron chi connectivity index (χ1n) is 8.52. The molecule has 3 rings (SSSR count). The van der Waals surface area contributed by atoms with Gasteiger partial charge in [-0.25, -0.2) is 14.6 Å². The van der Waals surface area contributed by atoms with Crippen molar-refractivity contribution in [3.63, 3.8) is 0 Å². The molecule has 2 atom stereocenters. The molecule has 0 saturated carbocycles. The highest BCUT2D eigenvalue weighted by atomic mass is 16.6. The Balaban J connectivity index is 1.86. The molecule has 0 amide bonds. The molecule has 0 spiro atoms. The van der Waals surface area contributed by atoms with Gasteiger partial charge in [-0.1, -0.05) is 60.7 Å². The molecule has 1 unspecified atom stereocenters. The lowest BCUT2D eigenvalue weighted by atomic mass is 10.1. The first-order chi connectivity index (χ1) is 13.1. The molecule has 0 radical (unpaired) electrons. The summed E-state index contributed by atoms with van der Waals surface area (Å²) >= 11 is 0. The molecule has 2 aromatic carbocycles. The topological polar surface area (TPSA) is 70.4 Å². The van der Waals surface area contributed by atoms with Crippen LogP contribution in [0.2, 0.25) is 0 Å². The molecule has 0 N–H and O–H groups in total. The summed E-state index contributed by atoms with van der Waals surface area (Å²) in [6.45, 7) is 1.96. The SMILES string of the molecule is COC(=O)C(OC(=O)c1cncn1[C@H](C)c1ccccc1)c1ccccc1. The molecule has 27 heavy (non-hydrogen) atoms. The maximum absolute atomic E-state index is 12.8. The monoisotopic (exact) mass is 364 g/mol. The second kappa shape index (κ2) is 8.31. The van der Waals surface area contributed by atoms with Gasteiger partial charge in [0.15, 0.2) is 0 Å². The van der Waals surface area contributed by atoms with Crippen molar-refractivity contribution in [3.05, 3.63) is 90.0 Å². The van der Waals surface area contributed by atoms with Gasteiger partial charge in [-0.15, -0.1) is 0 Å². The van der Waals surface area contributed by atoms with Gasteiger partial charge in [0.25, 0.3) is 0 Å². The number of benzene rings is 2. The number of imidazole rings is 1. The zero-order valence-electron chi connectivity index (χ0n) is 15.1.